The molecule has 1 aromatic rings. The summed E-state index contributed by atoms with van der Waals surface area (Å²) in [5.74, 6) is 0.875. The first-order valence-electron chi connectivity index (χ1n) is 6.00. The van der Waals surface area contributed by atoms with Gasteiger partial charge in [-0.3, -0.25) is 9.69 Å². The fourth-order valence-electron chi connectivity index (χ4n) is 2.08. The normalized spacial score (nSPS) is 17.6. The average Bonchev–Trinajstić information content (AvgIpc) is 2.34. The minimum Gasteiger partial charge on any atom is -0.382 e. The van der Waals surface area contributed by atoms with E-state index in [-0.39, 0.29) is 5.91 Å². The van der Waals surface area contributed by atoms with Crippen molar-refractivity contribution in [3.05, 3.63) is 12.1 Å². The van der Waals surface area contributed by atoms with Crippen molar-refractivity contribution in [1.82, 2.24) is 15.1 Å². The summed E-state index contributed by atoms with van der Waals surface area (Å²) < 4.78 is 0. The van der Waals surface area contributed by atoms with E-state index in [4.69, 9.17) is 11.5 Å². The number of likely N-dealkylation sites (tertiary alicyclic amines) is 1. The first kappa shape index (κ1) is 12.6. The van der Waals surface area contributed by atoms with Crippen molar-refractivity contribution in [3.63, 3.8) is 0 Å². The summed E-state index contributed by atoms with van der Waals surface area (Å²) in [5.41, 5.74) is 10.6. The van der Waals surface area contributed by atoms with Gasteiger partial charge in [-0.2, -0.15) is 0 Å². The van der Waals surface area contributed by atoms with Gasteiger partial charge in [0.05, 0.1) is 6.54 Å². The zero-order chi connectivity index (χ0) is 13.0. The van der Waals surface area contributed by atoms with Gasteiger partial charge in [-0.25, -0.2) is 0 Å². The average molecular weight is 250 g/mol. The summed E-state index contributed by atoms with van der Waals surface area (Å²) >= 11 is 0. The van der Waals surface area contributed by atoms with Crippen LogP contribution in [-0.2, 0) is 4.79 Å². The Balaban J connectivity index is 1.79. The maximum Gasteiger partial charge on any atom is 0.231 e. The Kier molecular flexibility index (Phi) is 3.93. The predicted molar refractivity (Wildman–Crippen MR) is 68.7 cm³/mol. The third-order valence-corrected chi connectivity index (χ3v) is 3.00. The molecule has 0 aliphatic carbocycles. The molecule has 7 nitrogen and oxygen atoms in total. The standard InChI is InChI=1S/C11H18N6O/c12-9-1-2-11(16-15-9)14-8-3-5-17(6-4-8)7-10(13)18/h1-2,8H,3-7H2,(H2,12,15)(H2,13,18)(H,14,16). The second kappa shape index (κ2) is 5.63. The molecule has 18 heavy (non-hydrogen) atoms. The molecule has 2 rings (SSSR count). The SMILES string of the molecule is NC(=O)CN1CCC(Nc2ccc(N)nn2)CC1. The van der Waals surface area contributed by atoms with Crippen LogP contribution in [0.2, 0.25) is 0 Å². The van der Waals surface area contributed by atoms with E-state index in [1.807, 2.05) is 6.07 Å². The smallest absolute Gasteiger partial charge is 0.231 e. The first-order valence-corrected chi connectivity index (χ1v) is 6.00. The molecule has 7 heteroatoms. The van der Waals surface area contributed by atoms with Crippen LogP contribution in [0, 0.1) is 0 Å². The highest BCUT2D eigenvalue weighted by atomic mass is 16.1. The van der Waals surface area contributed by atoms with Crippen LogP contribution in [0.5, 0.6) is 0 Å². The first-order chi connectivity index (χ1) is 8.63. The zero-order valence-electron chi connectivity index (χ0n) is 10.2. The quantitative estimate of drug-likeness (QED) is 0.659. The number of carbonyl (C=O) groups is 1. The molecule has 1 aliphatic rings. The van der Waals surface area contributed by atoms with E-state index in [0.717, 1.165) is 31.7 Å². The van der Waals surface area contributed by atoms with Crippen molar-refractivity contribution in [1.29, 1.82) is 0 Å². The van der Waals surface area contributed by atoms with Gasteiger partial charge in [0.2, 0.25) is 5.91 Å². The number of nitrogen functional groups attached to an aromatic ring is 1. The van der Waals surface area contributed by atoms with E-state index >= 15 is 0 Å². The summed E-state index contributed by atoms with van der Waals surface area (Å²) in [5, 5.41) is 11.1. The van der Waals surface area contributed by atoms with Gasteiger partial charge in [-0.1, -0.05) is 0 Å². The molecule has 2 heterocycles. The number of piperidine rings is 1. The minimum atomic E-state index is -0.272. The van der Waals surface area contributed by atoms with Gasteiger partial charge in [-0.05, 0) is 25.0 Å². The lowest BCUT2D eigenvalue weighted by Crippen LogP contribution is -2.43. The van der Waals surface area contributed by atoms with Crippen molar-refractivity contribution < 1.29 is 4.79 Å². The molecule has 98 valence electrons. The fraction of sp³-hybridized carbons (Fsp3) is 0.545. The second-order valence-electron chi connectivity index (χ2n) is 4.50. The number of primary amides is 1. The van der Waals surface area contributed by atoms with E-state index in [9.17, 15) is 4.79 Å². The van der Waals surface area contributed by atoms with Crippen molar-refractivity contribution in [2.24, 2.45) is 5.73 Å². The lowest BCUT2D eigenvalue weighted by Gasteiger charge is -2.31. The van der Waals surface area contributed by atoms with Crippen LogP contribution in [-0.4, -0.2) is 46.7 Å². The lowest BCUT2D eigenvalue weighted by atomic mass is 10.1. The van der Waals surface area contributed by atoms with Gasteiger partial charge in [0.25, 0.3) is 0 Å². The van der Waals surface area contributed by atoms with E-state index < -0.39 is 0 Å². The highest BCUT2D eigenvalue weighted by Gasteiger charge is 2.20. The topological polar surface area (TPSA) is 110 Å². The molecule has 0 saturated carbocycles. The van der Waals surface area contributed by atoms with Gasteiger partial charge in [0.1, 0.15) is 11.6 Å². The second-order valence-corrected chi connectivity index (χ2v) is 4.50. The summed E-state index contributed by atoms with van der Waals surface area (Å²) in [6.07, 6.45) is 1.92. The number of amides is 1. The number of nitrogens with zero attached hydrogens (tertiary/aromatic N) is 3. The molecular formula is C11H18N6O. The van der Waals surface area contributed by atoms with Crippen LogP contribution >= 0.6 is 0 Å². The molecule has 1 fully saturated rings. The molecule has 1 amide bonds. The highest BCUT2D eigenvalue weighted by Crippen LogP contribution is 2.14. The minimum absolute atomic E-state index is 0.272. The Morgan fingerprint density at radius 1 is 1.39 bits per heavy atom. The van der Waals surface area contributed by atoms with E-state index in [1.165, 1.54) is 0 Å². The van der Waals surface area contributed by atoms with Crippen LogP contribution < -0.4 is 16.8 Å². The summed E-state index contributed by atoms with van der Waals surface area (Å²) in [6.45, 7) is 2.07. The van der Waals surface area contributed by atoms with Gasteiger partial charge >= 0.3 is 0 Å². The van der Waals surface area contributed by atoms with Crippen molar-refractivity contribution in [3.8, 4) is 0 Å². The van der Waals surface area contributed by atoms with Crippen molar-refractivity contribution in [2.45, 2.75) is 18.9 Å². The zero-order valence-corrected chi connectivity index (χ0v) is 10.2. The Morgan fingerprint density at radius 2 is 2.11 bits per heavy atom. The maximum absolute atomic E-state index is 10.8. The predicted octanol–water partition coefficient (Wildman–Crippen LogP) is -0.580. The van der Waals surface area contributed by atoms with Crippen LogP contribution in [0.1, 0.15) is 12.8 Å². The van der Waals surface area contributed by atoms with E-state index in [2.05, 4.69) is 20.4 Å². The molecule has 0 bridgehead atoms. The number of anilines is 2. The third-order valence-electron chi connectivity index (χ3n) is 3.00. The largest absolute Gasteiger partial charge is 0.382 e. The third kappa shape index (κ3) is 3.56. The molecule has 5 N–H and O–H groups in total. The molecule has 0 unspecified atom stereocenters. The maximum atomic E-state index is 10.8. The van der Waals surface area contributed by atoms with Crippen molar-refractivity contribution in [2.75, 3.05) is 30.7 Å². The highest BCUT2D eigenvalue weighted by molar-refractivity contribution is 5.75. The number of aromatic nitrogens is 2. The van der Waals surface area contributed by atoms with Crippen LogP contribution in [0.4, 0.5) is 11.6 Å². The Labute approximate surface area is 106 Å². The Bertz CT molecular complexity index is 398. The molecule has 0 radical (unpaired) electrons. The molecule has 0 aromatic carbocycles. The summed E-state index contributed by atoms with van der Waals surface area (Å²) in [4.78, 5) is 12.9. The molecule has 1 aliphatic heterocycles. The van der Waals surface area contributed by atoms with Gasteiger partial charge < -0.3 is 16.8 Å². The number of nitrogens with one attached hydrogen (secondary N) is 1. The van der Waals surface area contributed by atoms with Gasteiger partial charge in [0, 0.05) is 19.1 Å². The number of nitrogens with two attached hydrogens (primary N) is 2. The number of hydrogen-bond donors (Lipinski definition) is 3. The fourth-order valence-corrected chi connectivity index (χ4v) is 2.08. The molecular weight excluding hydrogens is 232 g/mol. The molecule has 1 aromatic heterocycles. The monoisotopic (exact) mass is 250 g/mol. The van der Waals surface area contributed by atoms with Crippen LogP contribution in [0.25, 0.3) is 0 Å². The van der Waals surface area contributed by atoms with Gasteiger partial charge in [-0.15, -0.1) is 10.2 Å². The van der Waals surface area contributed by atoms with Gasteiger partial charge in [0.15, 0.2) is 0 Å². The van der Waals surface area contributed by atoms with E-state index in [0.29, 0.717) is 18.4 Å². The number of carbonyl (C=O) groups excluding carboxylic acids is 1. The number of rotatable bonds is 4. The molecule has 0 atom stereocenters. The van der Waals surface area contributed by atoms with Crippen LogP contribution in [0.15, 0.2) is 12.1 Å². The van der Waals surface area contributed by atoms with Crippen molar-refractivity contribution >= 4 is 17.5 Å². The van der Waals surface area contributed by atoms with Crippen LogP contribution in [0.3, 0.4) is 0 Å². The molecule has 1 saturated heterocycles. The number of hydrogen-bond acceptors (Lipinski definition) is 6. The van der Waals surface area contributed by atoms with E-state index in [1.54, 1.807) is 6.07 Å². The summed E-state index contributed by atoms with van der Waals surface area (Å²) in [6, 6.07) is 3.89. The summed E-state index contributed by atoms with van der Waals surface area (Å²) in [7, 11) is 0. The molecule has 0 spiro atoms. The lowest BCUT2D eigenvalue weighted by molar-refractivity contribution is -0.119. The Hall–Kier alpha value is -1.89. The Morgan fingerprint density at radius 3 is 2.67 bits per heavy atom.